The average molecular weight is 434 g/mol. The predicted molar refractivity (Wildman–Crippen MR) is 111 cm³/mol. The molecule has 0 radical (unpaired) electrons. The lowest BCUT2D eigenvalue weighted by atomic mass is 10.1. The van der Waals surface area contributed by atoms with Crippen LogP contribution in [0.3, 0.4) is 0 Å². The summed E-state index contributed by atoms with van der Waals surface area (Å²) in [6.45, 7) is 2.32. The fourth-order valence-corrected chi connectivity index (χ4v) is 4.25. The third-order valence-corrected chi connectivity index (χ3v) is 6.41. The van der Waals surface area contributed by atoms with Crippen molar-refractivity contribution in [1.82, 2.24) is 4.98 Å². The molecule has 0 spiro atoms. The summed E-state index contributed by atoms with van der Waals surface area (Å²) in [5.74, 6) is -0.881. The molecule has 0 atom stereocenters. The summed E-state index contributed by atoms with van der Waals surface area (Å²) in [5, 5.41) is 0.197. The van der Waals surface area contributed by atoms with Gasteiger partial charge in [-0.15, -0.1) is 11.3 Å². The number of aromatic nitrogens is 1. The Balaban J connectivity index is 2.04. The zero-order valence-electron chi connectivity index (χ0n) is 16.0. The molecule has 0 fully saturated rings. The molecule has 0 bridgehead atoms. The summed E-state index contributed by atoms with van der Waals surface area (Å²) in [4.78, 5) is 17.7. The molecule has 0 amide bonds. The number of carbonyl (C=O) groups excluding carboxylic acids is 1. The predicted octanol–water partition coefficient (Wildman–Crippen LogP) is 4.98. The van der Waals surface area contributed by atoms with Crippen molar-refractivity contribution in [3.63, 3.8) is 0 Å². The molecule has 0 saturated carbocycles. The van der Waals surface area contributed by atoms with E-state index in [9.17, 15) is 17.6 Å². The van der Waals surface area contributed by atoms with Gasteiger partial charge in [-0.05, 0) is 48.4 Å². The quantitative estimate of drug-likeness (QED) is 0.388. The Bertz CT molecular complexity index is 1100. The molecule has 0 unspecified atom stereocenters. The molecular formula is C21H20FNO4S2. The van der Waals surface area contributed by atoms with Crippen LogP contribution >= 0.6 is 11.3 Å². The van der Waals surface area contributed by atoms with E-state index >= 15 is 0 Å². The first-order valence-electron chi connectivity index (χ1n) is 9.04. The third-order valence-electron chi connectivity index (χ3n) is 4.20. The van der Waals surface area contributed by atoms with Crippen LogP contribution in [0.1, 0.15) is 29.6 Å². The zero-order chi connectivity index (χ0) is 21.0. The lowest BCUT2D eigenvalue weighted by Gasteiger charge is -2.04. The molecule has 2 aromatic carbocycles. The van der Waals surface area contributed by atoms with Gasteiger partial charge in [0.2, 0.25) is 5.01 Å². The number of esters is 1. The van der Waals surface area contributed by atoms with E-state index in [1.807, 2.05) is 6.92 Å². The van der Waals surface area contributed by atoms with Gasteiger partial charge in [-0.2, -0.15) is 0 Å². The van der Waals surface area contributed by atoms with Gasteiger partial charge >= 0.3 is 5.97 Å². The van der Waals surface area contributed by atoms with Crippen molar-refractivity contribution >= 4 is 27.1 Å². The number of ether oxygens (including phenoxy) is 1. The highest BCUT2D eigenvalue weighted by Gasteiger charge is 2.21. The fourth-order valence-electron chi connectivity index (χ4n) is 2.63. The molecule has 29 heavy (non-hydrogen) atoms. The highest BCUT2D eigenvalue weighted by atomic mass is 32.2. The normalized spacial score (nSPS) is 11.4. The Morgan fingerprint density at radius 3 is 2.28 bits per heavy atom. The van der Waals surface area contributed by atoms with E-state index in [0.717, 1.165) is 30.4 Å². The fraction of sp³-hybridized carbons (Fsp3) is 0.238. The Hall–Kier alpha value is -2.58. The monoisotopic (exact) mass is 433 g/mol. The second kappa shape index (κ2) is 8.84. The van der Waals surface area contributed by atoms with E-state index < -0.39 is 15.8 Å². The van der Waals surface area contributed by atoms with Crippen molar-refractivity contribution in [2.75, 3.05) is 12.9 Å². The lowest BCUT2D eigenvalue weighted by Crippen LogP contribution is -2.05. The summed E-state index contributed by atoms with van der Waals surface area (Å²) in [5.41, 5.74) is 1.88. The van der Waals surface area contributed by atoms with Gasteiger partial charge in [-0.1, -0.05) is 25.5 Å². The van der Waals surface area contributed by atoms with Crippen LogP contribution in [-0.4, -0.2) is 32.2 Å². The minimum atomic E-state index is -3.32. The van der Waals surface area contributed by atoms with Crippen molar-refractivity contribution in [2.24, 2.45) is 0 Å². The Labute approximate surface area is 173 Å². The van der Waals surface area contributed by atoms with Crippen LogP contribution in [0.2, 0.25) is 0 Å². The van der Waals surface area contributed by atoms with Gasteiger partial charge in [0.15, 0.2) is 9.84 Å². The second-order valence-corrected chi connectivity index (χ2v) is 9.50. The van der Waals surface area contributed by atoms with Gasteiger partial charge in [0.1, 0.15) is 5.82 Å². The number of nitrogens with zero attached hydrogens (tertiary/aromatic N) is 1. The molecule has 3 aromatic rings. The summed E-state index contributed by atoms with van der Waals surface area (Å²) in [6.07, 6.45) is 2.81. The lowest BCUT2D eigenvalue weighted by molar-refractivity contribution is 0.0499. The van der Waals surface area contributed by atoms with Crippen molar-refractivity contribution in [3.8, 4) is 21.7 Å². The van der Waals surface area contributed by atoms with E-state index in [0.29, 0.717) is 28.3 Å². The smallest absolute Gasteiger partial charge is 0.367 e. The number of halogens is 1. The van der Waals surface area contributed by atoms with Crippen LogP contribution in [0.4, 0.5) is 4.39 Å². The van der Waals surface area contributed by atoms with Gasteiger partial charge in [0.05, 0.1) is 22.1 Å². The molecule has 1 aromatic heterocycles. The van der Waals surface area contributed by atoms with Crippen molar-refractivity contribution in [3.05, 3.63) is 59.4 Å². The molecule has 3 rings (SSSR count). The van der Waals surface area contributed by atoms with Crippen LogP contribution in [0.15, 0.2) is 53.4 Å². The van der Waals surface area contributed by atoms with Gasteiger partial charge in [-0.3, -0.25) is 0 Å². The van der Waals surface area contributed by atoms with Crippen LogP contribution in [0, 0.1) is 5.82 Å². The Morgan fingerprint density at radius 1 is 1.07 bits per heavy atom. The Morgan fingerprint density at radius 2 is 1.69 bits per heavy atom. The van der Waals surface area contributed by atoms with Crippen molar-refractivity contribution in [1.29, 1.82) is 0 Å². The standard InChI is InChI=1S/C21H20FNO4S2/c1-3-4-13-27-21(24)20-23-18(14-5-9-16(22)10-6-14)19(28-20)15-7-11-17(12-8-15)29(2,25)26/h5-12H,3-4,13H2,1-2H3. The summed E-state index contributed by atoms with van der Waals surface area (Å²) in [7, 11) is -3.32. The highest BCUT2D eigenvalue weighted by Crippen LogP contribution is 2.37. The van der Waals surface area contributed by atoms with E-state index in [1.165, 1.54) is 24.3 Å². The first kappa shape index (κ1) is 21.1. The van der Waals surface area contributed by atoms with E-state index in [1.54, 1.807) is 24.3 Å². The second-order valence-electron chi connectivity index (χ2n) is 6.49. The first-order chi connectivity index (χ1) is 13.8. The van der Waals surface area contributed by atoms with Gasteiger partial charge in [0.25, 0.3) is 0 Å². The number of unbranched alkanes of at least 4 members (excludes halogenated alkanes) is 1. The largest absolute Gasteiger partial charge is 0.460 e. The molecule has 0 aliphatic heterocycles. The molecule has 5 nitrogen and oxygen atoms in total. The highest BCUT2D eigenvalue weighted by molar-refractivity contribution is 7.90. The summed E-state index contributed by atoms with van der Waals surface area (Å²) < 4.78 is 42.0. The third kappa shape index (κ3) is 5.07. The van der Waals surface area contributed by atoms with Crippen molar-refractivity contribution < 1.29 is 22.3 Å². The Kier molecular flexibility index (Phi) is 6.44. The van der Waals surface area contributed by atoms with E-state index in [2.05, 4.69) is 4.98 Å². The number of thiazole rings is 1. The molecule has 0 aliphatic carbocycles. The van der Waals surface area contributed by atoms with Crippen LogP contribution in [0.25, 0.3) is 21.7 Å². The van der Waals surface area contributed by atoms with Gasteiger partial charge in [0, 0.05) is 11.8 Å². The minimum Gasteiger partial charge on any atom is -0.460 e. The summed E-state index contributed by atoms with van der Waals surface area (Å²) >= 11 is 1.16. The van der Waals surface area contributed by atoms with Crippen LogP contribution < -0.4 is 0 Å². The maximum Gasteiger partial charge on any atom is 0.367 e. The molecule has 8 heteroatoms. The number of sulfone groups is 1. The van der Waals surface area contributed by atoms with E-state index in [4.69, 9.17) is 4.74 Å². The topological polar surface area (TPSA) is 73.3 Å². The van der Waals surface area contributed by atoms with Crippen molar-refractivity contribution in [2.45, 2.75) is 24.7 Å². The number of hydrogen-bond donors (Lipinski definition) is 0. The summed E-state index contributed by atoms with van der Waals surface area (Å²) in [6, 6.07) is 12.2. The first-order valence-corrected chi connectivity index (χ1v) is 11.7. The van der Waals surface area contributed by atoms with Crippen LogP contribution in [-0.2, 0) is 14.6 Å². The SMILES string of the molecule is CCCCOC(=O)c1nc(-c2ccc(F)cc2)c(-c2ccc(S(C)(=O)=O)cc2)s1. The molecule has 0 aliphatic rings. The molecule has 152 valence electrons. The number of carbonyl (C=O) groups is 1. The zero-order valence-corrected chi connectivity index (χ0v) is 17.6. The molecule has 0 N–H and O–H groups in total. The molecule has 1 heterocycles. The van der Waals surface area contributed by atoms with Gasteiger partial charge < -0.3 is 4.74 Å². The average Bonchev–Trinajstić information content (AvgIpc) is 3.13. The minimum absolute atomic E-state index is 0.197. The van der Waals surface area contributed by atoms with Gasteiger partial charge in [-0.25, -0.2) is 22.6 Å². The maximum atomic E-state index is 13.3. The van der Waals surface area contributed by atoms with Crippen LogP contribution in [0.5, 0.6) is 0 Å². The number of benzene rings is 2. The molecule has 0 saturated heterocycles. The number of rotatable bonds is 7. The number of hydrogen-bond acceptors (Lipinski definition) is 6. The maximum absolute atomic E-state index is 13.3. The van der Waals surface area contributed by atoms with E-state index in [-0.39, 0.29) is 15.7 Å². The molecular weight excluding hydrogens is 413 g/mol.